The number of likely N-dealkylation sites (tertiary alicyclic amines) is 1. The van der Waals surface area contributed by atoms with Gasteiger partial charge in [0.25, 0.3) is 0 Å². The number of rotatable bonds is 5. The van der Waals surface area contributed by atoms with E-state index in [1.165, 1.54) is 11.8 Å². The molecule has 2 atom stereocenters. The second-order valence-electron chi connectivity index (χ2n) is 4.04. The number of carbonyl (C=O) groups excluding carboxylic acids is 2. The quantitative estimate of drug-likeness (QED) is 0.549. The van der Waals surface area contributed by atoms with Crippen LogP contribution in [0.15, 0.2) is 0 Å². The van der Waals surface area contributed by atoms with Gasteiger partial charge in [0.05, 0.1) is 12.6 Å². The van der Waals surface area contributed by atoms with E-state index in [1.807, 2.05) is 0 Å². The van der Waals surface area contributed by atoms with Crippen LogP contribution in [0.25, 0.3) is 0 Å². The van der Waals surface area contributed by atoms with Crippen LogP contribution in [-0.2, 0) is 14.4 Å². The summed E-state index contributed by atoms with van der Waals surface area (Å²) in [6.07, 6.45) is -0.0533. The van der Waals surface area contributed by atoms with Crippen molar-refractivity contribution in [3.05, 3.63) is 0 Å². The monoisotopic (exact) mass is 244 g/mol. The average Bonchev–Trinajstić information content (AvgIpc) is 2.60. The largest absolute Gasteiger partial charge is 0.480 e. The maximum absolute atomic E-state index is 11.5. The molecular weight excluding hydrogens is 228 g/mol. The fraction of sp³-hybridized carbons (Fsp3) is 0.700. The van der Waals surface area contributed by atoms with Crippen molar-refractivity contribution in [2.45, 2.75) is 31.9 Å². The first kappa shape index (κ1) is 13.4. The topological polar surface area (TPSA) is 107 Å². The van der Waals surface area contributed by atoms with Gasteiger partial charge in [-0.05, 0) is 13.3 Å². The van der Waals surface area contributed by atoms with E-state index in [2.05, 4.69) is 5.32 Å². The molecule has 0 aromatic rings. The maximum Gasteiger partial charge on any atom is 0.328 e. The first-order chi connectivity index (χ1) is 7.91. The van der Waals surface area contributed by atoms with E-state index in [9.17, 15) is 14.4 Å². The maximum atomic E-state index is 11.5. The van der Waals surface area contributed by atoms with Crippen LogP contribution in [-0.4, -0.2) is 58.1 Å². The molecule has 0 aliphatic carbocycles. The molecule has 1 fully saturated rings. The number of carbonyl (C=O) groups is 3. The SMILES string of the molecule is CC(O)C(NC(=O)CN1CCCC1=O)C(=O)O. The van der Waals surface area contributed by atoms with Gasteiger partial charge in [0, 0.05) is 13.0 Å². The van der Waals surface area contributed by atoms with Crippen LogP contribution >= 0.6 is 0 Å². The Morgan fingerprint density at radius 2 is 2.18 bits per heavy atom. The van der Waals surface area contributed by atoms with E-state index in [0.29, 0.717) is 19.4 Å². The zero-order valence-corrected chi connectivity index (χ0v) is 9.55. The summed E-state index contributed by atoms with van der Waals surface area (Å²) in [5.74, 6) is -1.99. The van der Waals surface area contributed by atoms with Crippen molar-refractivity contribution in [2.24, 2.45) is 0 Å². The zero-order valence-electron chi connectivity index (χ0n) is 9.55. The molecule has 0 aromatic carbocycles. The number of carboxylic acids is 1. The molecule has 2 amide bonds. The number of nitrogens with zero attached hydrogens (tertiary/aromatic N) is 1. The Morgan fingerprint density at radius 1 is 1.53 bits per heavy atom. The van der Waals surface area contributed by atoms with Crippen LogP contribution in [0.1, 0.15) is 19.8 Å². The number of hydrogen-bond donors (Lipinski definition) is 3. The van der Waals surface area contributed by atoms with Gasteiger partial charge in [-0.1, -0.05) is 0 Å². The number of aliphatic hydroxyl groups excluding tert-OH is 1. The molecule has 0 radical (unpaired) electrons. The van der Waals surface area contributed by atoms with Crippen molar-refractivity contribution >= 4 is 17.8 Å². The minimum atomic E-state index is -1.35. The first-order valence-corrected chi connectivity index (χ1v) is 5.40. The molecule has 1 aliphatic heterocycles. The molecule has 0 bridgehead atoms. The van der Waals surface area contributed by atoms with E-state index in [1.54, 1.807) is 0 Å². The second-order valence-corrected chi connectivity index (χ2v) is 4.04. The predicted octanol–water partition coefficient (Wildman–Crippen LogP) is -1.44. The molecule has 2 unspecified atom stereocenters. The van der Waals surface area contributed by atoms with Gasteiger partial charge < -0.3 is 20.4 Å². The van der Waals surface area contributed by atoms with Crippen LogP contribution in [0.2, 0.25) is 0 Å². The summed E-state index contributed by atoms with van der Waals surface area (Å²) >= 11 is 0. The lowest BCUT2D eigenvalue weighted by Gasteiger charge is -2.20. The lowest BCUT2D eigenvalue weighted by atomic mass is 10.2. The highest BCUT2D eigenvalue weighted by molar-refractivity contribution is 5.88. The minimum Gasteiger partial charge on any atom is -0.480 e. The number of amides is 2. The van der Waals surface area contributed by atoms with Gasteiger partial charge in [0.2, 0.25) is 11.8 Å². The van der Waals surface area contributed by atoms with Crippen LogP contribution in [0.4, 0.5) is 0 Å². The summed E-state index contributed by atoms with van der Waals surface area (Å²) in [5, 5.41) is 20.1. The minimum absolute atomic E-state index is 0.107. The molecule has 1 aliphatic rings. The Labute approximate surface area is 98.4 Å². The normalized spacial score (nSPS) is 18.9. The van der Waals surface area contributed by atoms with Gasteiger partial charge in [0.1, 0.15) is 0 Å². The van der Waals surface area contributed by atoms with Crippen LogP contribution < -0.4 is 5.32 Å². The lowest BCUT2D eigenvalue weighted by Crippen LogP contribution is -2.50. The smallest absolute Gasteiger partial charge is 0.328 e. The van der Waals surface area contributed by atoms with Crippen molar-refractivity contribution < 1.29 is 24.6 Å². The lowest BCUT2D eigenvalue weighted by molar-refractivity contribution is -0.145. The number of aliphatic hydroxyl groups is 1. The Bertz CT molecular complexity index is 329. The van der Waals surface area contributed by atoms with Crippen LogP contribution in [0.5, 0.6) is 0 Å². The summed E-state index contributed by atoms with van der Waals surface area (Å²) in [6, 6.07) is -1.35. The second kappa shape index (κ2) is 5.62. The van der Waals surface area contributed by atoms with Crippen molar-refractivity contribution in [3.63, 3.8) is 0 Å². The standard InChI is InChI=1S/C10H16N2O5/c1-6(13)9(10(16)17)11-7(14)5-12-4-2-3-8(12)15/h6,9,13H,2-5H2,1H3,(H,11,14)(H,16,17). The fourth-order valence-electron chi connectivity index (χ4n) is 1.65. The van der Waals surface area contributed by atoms with Gasteiger partial charge in [-0.2, -0.15) is 0 Å². The molecule has 0 saturated carbocycles. The third-order valence-electron chi connectivity index (χ3n) is 2.57. The van der Waals surface area contributed by atoms with Gasteiger partial charge in [-0.3, -0.25) is 9.59 Å². The number of aliphatic carboxylic acids is 1. The third-order valence-corrected chi connectivity index (χ3v) is 2.57. The molecule has 17 heavy (non-hydrogen) atoms. The first-order valence-electron chi connectivity index (χ1n) is 5.40. The molecule has 0 aromatic heterocycles. The Kier molecular flexibility index (Phi) is 4.45. The molecular formula is C10H16N2O5. The van der Waals surface area contributed by atoms with Crippen molar-refractivity contribution in [3.8, 4) is 0 Å². The molecule has 1 heterocycles. The van der Waals surface area contributed by atoms with Gasteiger partial charge in [-0.15, -0.1) is 0 Å². The van der Waals surface area contributed by atoms with Crippen molar-refractivity contribution in [2.75, 3.05) is 13.1 Å². The Hall–Kier alpha value is -1.63. The van der Waals surface area contributed by atoms with Gasteiger partial charge in [-0.25, -0.2) is 4.79 Å². The van der Waals surface area contributed by atoms with Crippen molar-refractivity contribution in [1.82, 2.24) is 10.2 Å². The molecule has 1 rings (SSSR count). The molecule has 3 N–H and O–H groups in total. The highest BCUT2D eigenvalue weighted by atomic mass is 16.4. The zero-order chi connectivity index (χ0) is 13.0. The van der Waals surface area contributed by atoms with E-state index >= 15 is 0 Å². The Balaban J connectivity index is 2.47. The van der Waals surface area contributed by atoms with E-state index in [-0.39, 0.29) is 12.5 Å². The molecule has 7 heteroatoms. The molecule has 1 saturated heterocycles. The number of nitrogens with one attached hydrogen (secondary N) is 1. The van der Waals surface area contributed by atoms with Crippen LogP contribution in [0.3, 0.4) is 0 Å². The van der Waals surface area contributed by atoms with E-state index in [0.717, 1.165) is 0 Å². The summed E-state index contributed by atoms with van der Waals surface area (Å²) < 4.78 is 0. The predicted molar refractivity (Wildman–Crippen MR) is 57.1 cm³/mol. The summed E-state index contributed by atoms with van der Waals surface area (Å²) in [4.78, 5) is 34.8. The van der Waals surface area contributed by atoms with Crippen molar-refractivity contribution in [1.29, 1.82) is 0 Å². The highest BCUT2D eigenvalue weighted by Crippen LogP contribution is 2.08. The fourth-order valence-corrected chi connectivity index (χ4v) is 1.65. The summed E-state index contributed by atoms with van der Waals surface area (Å²) in [6.45, 7) is 1.63. The molecule has 96 valence electrons. The Morgan fingerprint density at radius 3 is 2.59 bits per heavy atom. The van der Waals surface area contributed by atoms with E-state index < -0.39 is 24.0 Å². The molecule has 7 nitrogen and oxygen atoms in total. The molecule has 0 spiro atoms. The number of carboxylic acid groups (broad SMARTS) is 1. The van der Waals surface area contributed by atoms with Gasteiger partial charge in [0.15, 0.2) is 6.04 Å². The van der Waals surface area contributed by atoms with E-state index in [4.69, 9.17) is 10.2 Å². The highest BCUT2D eigenvalue weighted by Gasteiger charge is 2.27. The van der Waals surface area contributed by atoms with Gasteiger partial charge >= 0.3 is 5.97 Å². The number of hydrogen-bond acceptors (Lipinski definition) is 4. The summed E-state index contributed by atoms with van der Waals surface area (Å²) in [7, 11) is 0. The summed E-state index contributed by atoms with van der Waals surface area (Å²) in [5.41, 5.74) is 0. The van der Waals surface area contributed by atoms with Crippen LogP contribution in [0, 0.1) is 0 Å². The average molecular weight is 244 g/mol. The third kappa shape index (κ3) is 3.70.